The Balaban J connectivity index is 2.23. The number of hydrogen-bond donors (Lipinski definition) is 0. The second kappa shape index (κ2) is 6.94. The first kappa shape index (κ1) is 17.0. The Morgan fingerprint density at radius 3 is 2.67 bits per heavy atom. The lowest BCUT2D eigenvalue weighted by Gasteiger charge is -2.29. The van der Waals surface area contributed by atoms with Gasteiger partial charge in [-0.05, 0) is 29.5 Å². The summed E-state index contributed by atoms with van der Waals surface area (Å²) in [7, 11) is 1.53. The van der Waals surface area contributed by atoms with Gasteiger partial charge in [0.2, 0.25) is 5.88 Å². The van der Waals surface area contributed by atoms with Gasteiger partial charge in [0, 0.05) is 22.9 Å². The fourth-order valence-electron chi connectivity index (χ4n) is 3.65. The lowest BCUT2D eigenvalue weighted by Crippen LogP contribution is -2.20. The molecule has 1 aromatic carbocycles. The van der Waals surface area contributed by atoms with Gasteiger partial charge >= 0.3 is 0 Å². The van der Waals surface area contributed by atoms with Crippen molar-refractivity contribution in [1.82, 2.24) is 4.98 Å². The molecule has 1 aliphatic carbocycles. The molecule has 2 aromatic rings. The Morgan fingerprint density at radius 2 is 2.04 bits per heavy atom. The second-order valence-electron chi connectivity index (χ2n) is 6.29. The van der Waals surface area contributed by atoms with Gasteiger partial charge in [-0.1, -0.05) is 37.1 Å². The molecular formula is C20H21ClFNO. The summed E-state index contributed by atoms with van der Waals surface area (Å²) >= 11 is 6.04. The van der Waals surface area contributed by atoms with Crippen LogP contribution in [0, 0.1) is 5.82 Å². The van der Waals surface area contributed by atoms with Crippen LogP contribution in [0.5, 0.6) is 5.88 Å². The normalized spacial score (nSPS) is 16.1. The van der Waals surface area contributed by atoms with E-state index < -0.39 is 0 Å². The predicted octanol–water partition coefficient (Wildman–Crippen LogP) is 5.63. The van der Waals surface area contributed by atoms with Crippen LogP contribution in [-0.2, 0) is 11.3 Å². The van der Waals surface area contributed by atoms with E-state index in [1.54, 1.807) is 6.07 Å². The van der Waals surface area contributed by atoms with Crippen molar-refractivity contribution >= 4 is 11.6 Å². The minimum atomic E-state index is -0.354. The molecule has 0 unspecified atom stereocenters. The number of pyridine rings is 1. The molecule has 1 aliphatic rings. The molecule has 2 nitrogen and oxygen atoms in total. The molecule has 0 aliphatic heterocycles. The zero-order chi connectivity index (χ0) is 17.2. The SMILES string of the molecule is C=CC1(c2cc(CCl)ccc2-c2cc(OC)ncc2F)CCCC1. The highest BCUT2D eigenvalue weighted by molar-refractivity contribution is 6.17. The lowest BCUT2D eigenvalue weighted by atomic mass is 9.75. The number of methoxy groups -OCH3 is 1. The summed E-state index contributed by atoms with van der Waals surface area (Å²) in [5.74, 6) is 0.480. The molecule has 1 aromatic heterocycles. The summed E-state index contributed by atoms with van der Waals surface area (Å²) in [6, 6.07) is 7.65. The van der Waals surface area contributed by atoms with Crippen LogP contribution in [0.3, 0.4) is 0 Å². The Hall–Kier alpha value is -1.87. The van der Waals surface area contributed by atoms with Crippen molar-refractivity contribution < 1.29 is 9.13 Å². The number of alkyl halides is 1. The maximum Gasteiger partial charge on any atom is 0.213 e. The number of hydrogen-bond acceptors (Lipinski definition) is 2. The second-order valence-corrected chi connectivity index (χ2v) is 6.55. The van der Waals surface area contributed by atoms with Crippen molar-refractivity contribution in [2.75, 3.05) is 7.11 Å². The van der Waals surface area contributed by atoms with Gasteiger partial charge in [0.25, 0.3) is 0 Å². The molecule has 3 rings (SSSR count). The van der Waals surface area contributed by atoms with E-state index in [9.17, 15) is 4.39 Å². The third-order valence-corrected chi connectivity index (χ3v) is 5.30. The first-order valence-corrected chi connectivity index (χ1v) is 8.70. The van der Waals surface area contributed by atoms with Crippen LogP contribution in [0.15, 0.2) is 43.1 Å². The van der Waals surface area contributed by atoms with Crippen LogP contribution in [0.25, 0.3) is 11.1 Å². The van der Waals surface area contributed by atoms with Gasteiger partial charge < -0.3 is 4.74 Å². The monoisotopic (exact) mass is 345 g/mol. The summed E-state index contributed by atoms with van der Waals surface area (Å²) in [5.41, 5.74) is 3.38. The molecule has 24 heavy (non-hydrogen) atoms. The smallest absolute Gasteiger partial charge is 0.213 e. The van der Waals surface area contributed by atoms with Crippen LogP contribution in [-0.4, -0.2) is 12.1 Å². The number of allylic oxidation sites excluding steroid dienone is 1. The van der Waals surface area contributed by atoms with Gasteiger partial charge in [-0.2, -0.15) is 0 Å². The zero-order valence-corrected chi connectivity index (χ0v) is 14.6. The minimum Gasteiger partial charge on any atom is -0.481 e. The highest BCUT2D eigenvalue weighted by Gasteiger charge is 2.35. The first-order valence-electron chi connectivity index (χ1n) is 8.16. The molecule has 1 saturated carbocycles. The molecule has 126 valence electrons. The highest BCUT2D eigenvalue weighted by atomic mass is 35.5. The van der Waals surface area contributed by atoms with Crippen LogP contribution in [0.2, 0.25) is 0 Å². The Morgan fingerprint density at radius 1 is 1.29 bits per heavy atom. The number of ether oxygens (including phenoxy) is 1. The van der Waals surface area contributed by atoms with Crippen molar-refractivity contribution in [3.05, 3.63) is 60.1 Å². The fourth-order valence-corrected chi connectivity index (χ4v) is 3.81. The zero-order valence-electron chi connectivity index (χ0n) is 13.8. The summed E-state index contributed by atoms with van der Waals surface area (Å²) in [5, 5.41) is 0. The van der Waals surface area contributed by atoms with Gasteiger partial charge in [-0.15, -0.1) is 18.2 Å². The van der Waals surface area contributed by atoms with E-state index in [4.69, 9.17) is 16.3 Å². The third kappa shape index (κ3) is 2.93. The summed E-state index contributed by atoms with van der Waals surface area (Å²) in [6.45, 7) is 4.07. The molecule has 4 heteroatoms. The van der Waals surface area contributed by atoms with Crippen molar-refractivity contribution in [3.63, 3.8) is 0 Å². The van der Waals surface area contributed by atoms with Crippen molar-refractivity contribution in [2.24, 2.45) is 0 Å². The van der Waals surface area contributed by atoms with E-state index in [1.165, 1.54) is 13.3 Å². The highest BCUT2D eigenvalue weighted by Crippen LogP contribution is 2.46. The van der Waals surface area contributed by atoms with Crippen LogP contribution in [0.4, 0.5) is 4.39 Å². The van der Waals surface area contributed by atoms with E-state index in [-0.39, 0.29) is 11.2 Å². The van der Waals surface area contributed by atoms with Gasteiger partial charge in [0.05, 0.1) is 13.3 Å². The first-order chi connectivity index (χ1) is 11.6. The van der Waals surface area contributed by atoms with Gasteiger partial charge in [-0.25, -0.2) is 9.37 Å². The average molecular weight is 346 g/mol. The van der Waals surface area contributed by atoms with Gasteiger partial charge in [-0.3, -0.25) is 0 Å². The molecule has 0 saturated heterocycles. The van der Waals surface area contributed by atoms with E-state index in [1.807, 2.05) is 18.2 Å². The number of halogens is 2. The standard InChI is InChI=1S/C20H21ClFNO/c1-3-20(8-4-5-9-20)17-10-14(12-21)6-7-15(17)16-11-19(24-2)23-13-18(16)22/h3,6-7,10-11,13H,1,4-5,8-9,12H2,2H3. The lowest BCUT2D eigenvalue weighted by molar-refractivity contribution is 0.396. The summed E-state index contributed by atoms with van der Waals surface area (Å²) in [6.07, 6.45) is 7.59. The summed E-state index contributed by atoms with van der Waals surface area (Å²) < 4.78 is 19.7. The number of benzene rings is 1. The quantitative estimate of drug-likeness (QED) is 0.517. The van der Waals surface area contributed by atoms with E-state index in [2.05, 4.69) is 17.6 Å². The largest absolute Gasteiger partial charge is 0.481 e. The molecule has 0 N–H and O–H groups in total. The average Bonchev–Trinajstić information content (AvgIpc) is 3.12. The van der Waals surface area contributed by atoms with Crippen molar-refractivity contribution in [1.29, 1.82) is 0 Å². The molecule has 1 fully saturated rings. The Labute approximate surface area is 147 Å². The number of rotatable bonds is 5. The molecule has 0 amide bonds. The predicted molar refractivity (Wildman–Crippen MR) is 96.1 cm³/mol. The molecular weight excluding hydrogens is 325 g/mol. The van der Waals surface area contributed by atoms with Crippen molar-refractivity contribution in [3.8, 4) is 17.0 Å². The third-order valence-electron chi connectivity index (χ3n) is 4.99. The number of nitrogens with zero attached hydrogens (tertiary/aromatic N) is 1. The Bertz CT molecular complexity index is 753. The fraction of sp³-hybridized carbons (Fsp3) is 0.350. The molecule has 0 spiro atoms. The van der Waals surface area contributed by atoms with Crippen LogP contribution in [0.1, 0.15) is 36.8 Å². The Kier molecular flexibility index (Phi) is 4.91. The molecule has 0 atom stereocenters. The van der Waals surface area contributed by atoms with E-state index >= 15 is 0 Å². The number of aromatic nitrogens is 1. The van der Waals surface area contributed by atoms with Gasteiger partial charge in [0.1, 0.15) is 5.82 Å². The topological polar surface area (TPSA) is 22.1 Å². The molecule has 0 radical (unpaired) electrons. The molecule has 1 heterocycles. The van der Waals surface area contributed by atoms with Crippen molar-refractivity contribution in [2.45, 2.75) is 37.0 Å². The maximum absolute atomic E-state index is 14.5. The van der Waals surface area contributed by atoms with Crippen LogP contribution >= 0.6 is 11.6 Å². The minimum absolute atomic E-state index is 0.125. The van der Waals surface area contributed by atoms with Crippen LogP contribution < -0.4 is 4.74 Å². The van der Waals surface area contributed by atoms with E-state index in [0.29, 0.717) is 17.3 Å². The summed E-state index contributed by atoms with van der Waals surface area (Å²) in [4.78, 5) is 3.94. The van der Waals surface area contributed by atoms with E-state index in [0.717, 1.165) is 42.4 Å². The van der Waals surface area contributed by atoms with Gasteiger partial charge in [0.15, 0.2) is 0 Å². The maximum atomic E-state index is 14.5. The molecule has 0 bridgehead atoms.